The van der Waals surface area contributed by atoms with Crippen molar-refractivity contribution in [3.05, 3.63) is 58.5 Å². The van der Waals surface area contributed by atoms with Crippen molar-refractivity contribution in [2.45, 2.75) is 19.3 Å². The summed E-state index contributed by atoms with van der Waals surface area (Å²) in [4.78, 5) is 0. The van der Waals surface area contributed by atoms with Gasteiger partial charge in [0.15, 0.2) is 0 Å². The fraction of sp³-hybridized carbons (Fsp3) is 0.333. The van der Waals surface area contributed by atoms with Gasteiger partial charge in [0.1, 0.15) is 5.76 Å². The van der Waals surface area contributed by atoms with E-state index in [9.17, 15) is 0 Å². The Labute approximate surface area is 117 Å². The highest BCUT2D eigenvalue weighted by molar-refractivity contribution is 9.10. The first-order chi connectivity index (χ1) is 8.81. The van der Waals surface area contributed by atoms with Crippen molar-refractivity contribution in [3.8, 4) is 0 Å². The monoisotopic (exact) mass is 307 g/mol. The number of hydrogen-bond acceptors (Lipinski definition) is 2. The standard InChI is InChI=1S/C15H18BrNO/c1-2-17-11-13(12-6-4-3-5-7-12)10-15-14(16)8-9-18-15/h3-9,13,17H,2,10-11H2,1H3. The number of rotatable bonds is 6. The van der Waals surface area contributed by atoms with Gasteiger partial charge in [0.2, 0.25) is 0 Å². The van der Waals surface area contributed by atoms with Gasteiger partial charge in [-0.05, 0) is 34.1 Å². The molecule has 0 amide bonds. The van der Waals surface area contributed by atoms with E-state index >= 15 is 0 Å². The zero-order chi connectivity index (χ0) is 12.8. The minimum atomic E-state index is 0.439. The van der Waals surface area contributed by atoms with Gasteiger partial charge in [-0.3, -0.25) is 0 Å². The number of hydrogen-bond donors (Lipinski definition) is 1. The van der Waals surface area contributed by atoms with Gasteiger partial charge >= 0.3 is 0 Å². The Balaban J connectivity index is 2.13. The van der Waals surface area contributed by atoms with Gasteiger partial charge in [-0.15, -0.1) is 0 Å². The summed E-state index contributed by atoms with van der Waals surface area (Å²) in [5.41, 5.74) is 1.35. The van der Waals surface area contributed by atoms with Crippen LogP contribution in [-0.4, -0.2) is 13.1 Å². The third-order valence-corrected chi connectivity index (χ3v) is 3.74. The Morgan fingerprint density at radius 3 is 2.61 bits per heavy atom. The predicted octanol–water partition coefficient (Wildman–Crippen LogP) is 3.98. The molecule has 1 heterocycles. The summed E-state index contributed by atoms with van der Waals surface area (Å²) in [6, 6.07) is 12.5. The fourth-order valence-corrected chi connectivity index (χ4v) is 2.41. The third kappa shape index (κ3) is 3.47. The first-order valence-electron chi connectivity index (χ1n) is 6.28. The minimum absolute atomic E-state index is 0.439. The highest BCUT2D eigenvalue weighted by Gasteiger charge is 2.15. The maximum absolute atomic E-state index is 5.52. The SMILES string of the molecule is CCNCC(Cc1occc1Br)c1ccccc1. The number of halogens is 1. The van der Waals surface area contributed by atoms with E-state index in [1.165, 1.54) is 5.56 Å². The molecule has 3 heteroatoms. The fourth-order valence-electron chi connectivity index (χ4n) is 2.05. The molecule has 96 valence electrons. The predicted molar refractivity (Wildman–Crippen MR) is 77.8 cm³/mol. The third-order valence-electron chi connectivity index (χ3n) is 3.03. The van der Waals surface area contributed by atoms with E-state index in [4.69, 9.17) is 4.42 Å². The lowest BCUT2D eigenvalue weighted by Gasteiger charge is -2.17. The summed E-state index contributed by atoms with van der Waals surface area (Å²) in [7, 11) is 0. The van der Waals surface area contributed by atoms with Crippen LogP contribution < -0.4 is 5.32 Å². The van der Waals surface area contributed by atoms with Crippen molar-refractivity contribution in [3.63, 3.8) is 0 Å². The Kier molecular flexibility index (Phi) is 5.02. The molecule has 0 saturated carbocycles. The number of furan rings is 1. The molecule has 2 aromatic rings. The highest BCUT2D eigenvalue weighted by atomic mass is 79.9. The van der Waals surface area contributed by atoms with Crippen LogP contribution in [0.3, 0.4) is 0 Å². The first-order valence-corrected chi connectivity index (χ1v) is 7.08. The van der Waals surface area contributed by atoms with Crippen molar-refractivity contribution in [2.75, 3.05) is 13.1 Å². The summed E-state index contributed by atoms with van der Waals surface area (Å²) in [6.45, 7) is 4.08. The summed E-state index contributed by atoms with van der Waals surface area (Å²) in [5.74, 6) is 1.45. The number of likely N-dealkylation sites (N-methyl/N-ethyl adjacent to an activating group) is 1. The molecule has 1 N–H and O–H groups in total. The van der Waals surface area contributed by atoms with E-state index in [2.05, 4.69) is 58.5 Å². The van der Waals surface area contributed by atoms with Gasteiger partial charge in [-0.1, -0.05) is 37.3 Å². The van der Waals surface area contributed by atoms with Crippen LogP contribution in [0.4, 0.5) is 0 Å². The molecule has 1 atom stereocenters. The highest BCUT2D eigenvalue weighted by Crippen LogP contribution is 2.25. The average molecular weight is 308 g/mol. The lowest BCUT2D eigenvalue weighted by molar-refractivity contribution is 0.473. The maximum Gasteiger partial charge on any atom is 0.118 e. The molecule has 2 nitrogen and oxygen atoms in total. The van der Waals surface area contributed by atoms with Crippen LogP contribution in [-0.2, 0) is 6.42 Å². The van der Waals surface area contributed by atoms with Crippen molar-refractivity contribution >= 4 is 15.9 Å². The van der Waals surface area contributed by atoms with Gasteiger partial charge in [-0.2, -0.15) is 0 Å². The van der Waals surface area contributed by atoms with E-state index in [-0.39, 0.29) is 0 Å². The van der Waals surface area contributed by atoms with Crippen LogP contribution in [0, 0.1) is 0 Å². The molecule has 18 heavy (non-hydrogen) atoms. The zero-order valence-corrected chi connectivity index (χ0v) is 12.1. The second kappa shape index (κ2) is 6.76. The molecule has 2 rings (SSSR count). The van der Waals surface area contributed by atoms with Crippen LogP contribution in [0.15, 0.2) is 51.6 Å². The molecular weight excluding hydrogens is 290 g/mol. The van der Waals surface area contributed by atoms with E-state index in [1.54, 1.807) is 6.26 Å². The van der Waals surface area contributed by atoms with Crippen LogP contribution in [0.5, 0.6) is 0 Å². The molecule has 0 saturated heterocycles. The Bertz CT molecular complexity index is 466. The lowest BCUT2D eigenvalue weighted by atomic mass is 9.94. The van der Waals surface area contributed by atoms with E-state index in [0.717, 1.165) is 29.7 Å². The minimum Gasteiger partial charge on any atom is -0.468 e. The molecule has 0 fully saturated rings. The molecule has 0 radical (unpaired) electrons. The van der Waals surface area contributed by atoms with Crippen LogP contribution in [0.1, 0.15) is 24.2 Å². The van der Waals surface area contributed by atoms with Crippen molar-refractivity contribution < 1.29 is 4.42 Å². The summed E-state index contributed by atoms with van der Waals surface area (Å²) >= 11 is 3.52. The van der Waals surface area contributed by atoms with Crippen LogP contribution in [0.25, 0.3) is 0 Å². The molecule has 0 spiro atoms. The normalized spacial score (nSPS) is 12.6. The Morgan fingerprint density at radius 2 is 2.00 bits per heavy atom. The van der Waals surface area contributed by atoms with Crippen molar-refractivity contribution in [1.82, 2.24) is 5.32 Å². The first kappa shape index (κ1) is 13.4. The molecule has 0 aliphatic rings. The molecule has 1 aromatic carbocycles. The Morgan fingerprint density at radius 1 is 1.22 bits per heavy atom. The summed E-state index contributed by atoms with van der Waals surface area (Å²) < 4.78 is 6.58. The smallest absolute Gasteiger partial charge is 0.118 e. The molecule has 0 aliphatic carbocycles. The summed E-state index contributed by atoms with van der Waals surface area (Å²) in [6.07, 6.45) is 2.64. The molecular formula is C15H18BrNO. The molecule has 1 unspecified atom stereocenters. The largest absolute Gasteiger partial charge is 0.468 e. The van der Waals surface area contributed by atoms with Crippen LogP contribution in [0.2, 0.25) is 0 Å². The second-order valence-electron chi connectivity index (χ2n) is 4.31. The van der Waals surface area contributed by atoms with Gasteiger partial charge in [0, 0.05) is 18.9 Å². The van der Waals surface area contributed by atoms with Gasteiger partial charge in [-0.25, -0.2) is 0 Å². The molecule has 0 bridgehead atoms. The van der Waals surface area contributed by atoms with Crippen molar-refractivity contribution in [2.24, 2.45) is 0 Å². The van der Waals surface area contributed by atoms with Crippen LogP contribution >= 0.6 is 15.9 Å². The molecule has 1 aromatic heterocycles. The van der Waals surface area contributed by atoms with Gasteiger partial charge in [0.05, 0.1) is 10.7 Å². The quantitative estimate of drug-likeness (QED) is 0.873. The number of benzene rings is 1. The van der Waals surface area contributed by atoms with E-state index < -0.39 is 0 Å². The summed E-state index contributed by atoms with van der Waals surface area (Å²) in [5, 5.41) is 3.42. The van der Waals surface area contributed by atoms with Gasteiger partial charge in [0.25, 0.3) is 0 Å². The lowest BCUT2D eigenvalue weighted by Crippen LogP contribution is -2.22. The topological polar surface area (TPSA) is 25.2 Å². The molecule has 0 aliphatic heterocycles. The Hall–Kier alpha value is -1.06. The number of nitrogens with one attached hydrogen (secondary N) is 1. The van der Waals surface area contributed by atoms with Gasteiger partial charge < -0.3 is 9.73 Å². The zero-order valence-electron chi connectivity index (χ0n) is 10.5. The second-order valence-corrected chi connectivity index (χ2v) is 5.17. The van der Waals surface area contributed by atoms with E-state index in [1.807, 2.05) is 6.07 Å². The van der Waals surface area contributed by atoms with Crippen molar-refractivity contribution in [1.29, 1.82) is 0 Å². The maximum atomic E-state index is 5.52. The average Bonchev–Trinajstić information content (AvgIpc) is 2.81. The van der Waals surface area contributed by atoms with E-state index in [0.29, 0.717) is 5.92 Å².